The molecule has 4 nitrogen and oxygen atoms in total. The summed E-state index contributed by atoms with van der Waals surface area (Å²) in [4.78, 5) is -0.277. The molecule has 0 aromatic heterocycles. The van der Waals surface area contributed by atoms with E-state index in [1.807, 2.05) is 0 Å². The zero-order chi connectivity index (χ0) is 12.6. The van der Waals surface area contributed by atoms with E-state index in [2.05, 4.69) is 0 Å². The summed E-state index contributed by atoms with van der Waals surface area (Å²) < 4.78 is 56.2. The van der Waals surface area contributed by atoms with Crippen LogP contribution in [-0.2, 0) is 25.8 Å². The Morgan fingerprint density at radius 2 is 1.81 bits per heavy atom. The monoisotopic (exact) mass is 286 g/mol. The SMILES string of the molecule is CS(=O)(=O)c1cccc(Cl)c1CS(=O)(=O)F. The standard InChI is InChI=1S/C8H8ClFO4S2/c1-15(11,12)8-4-2-3-7(9)6(8)5-16(10,13)14/h2-4H,5H2,1H3. The predicted octanol–water partition coefficient (Wildman–Crippen LogP) is 1.54. The molecule has 90 valence electrons. The summed E-state index contributed by atoms with van der Waals surface area (Å²) in [5.74, 6) is -1.05. The van der Waals surface area contributed by atoms with Crippen LogP contribution in [0.3, 0.4) is 0 Å². The molecule has 0 bridgehead atoms. The van der Waals surface area contributed by atoms with Crippen molar-refractivity contribution in [2.45, 2.75) is 10.6 Å². The van der Waals surface area contributed by atoms with Crippen LogP contribution in [0.4, 0.5) is 3.89 Å². The third-order valence-electron chi connectivity index (χ3n) is 1.79. The second kappa shape index (κ2) is 4.31. The minimum atomic E-state index is -4.83. The fourth-order valence-corrected chi connectivity index (χ4v) is 3.28. The van der Waals surface area contributed by atoms with Crippen LogP contribution in [0.1, 0.15) is 5.56 Å². The molecular weight excluding hydrogens is 279 g/mol. The topological polar surface area (TPSA) is 68.3 Å². The summed E-state index contributed by atoms with van der Waals surface area (Å²) in [6.45, 7) is 0. The Bertz CT molecular complexity index is 607. The molecule has 0 fully saturated rings. The molecule has 1 aromatic rings. The summed E-state index contributed by atoms with van der Waals surface area (Å²) in [6.07, 6.45) is 0.896. The smallest absolute Gasteiger partial charge is 0.224 e. The molecule has 8 heteroatoms. The van der Waals surface area contributed by atoms with Crippen LogP contribution < -0.4 is 0 Å². The van der Waals surface area contributed by atoms with Gasteiger partial charge in [-0.15, -0.1) is 3.89 Å². The number of rotatable bonds is 3. The Morgan fingerprint density at radius 3 is 2.25 bits per heavy atom. The van der Waals surface area contributed by atoms with Crippen molar-refractivity contribution in [2.75, 3.05) is 6.26 Å². The van der Waals surface area contributed by atoms with Gasteiger partial charge in [-0.05, 0) is 12.1 Å². The third kappa shape index (κ3) is 3.43. The van der Waals surface area contributed by atoms with Crippen LogP contribution in [0.2, 0.25) is 5.02 Å². The quantitative estimate of drug-likeness (QED) is 0.791. The van der Waals surface area contributed by atoms with Gasteiger partial charge in [-0.2, -0.15) is 8.42 Å². The molecule has 0 radical (unpaired) electrons. The summed E-state index contributed by atoms with van der Waals surface area (Å²) in [6, 6.07) is 3.84. The first-order chi connectivity index (χ1) is 7.11. The van der Waals surface area contributed by atoms with Crippen LogP contribution in [0.25, 0.3) is 0 Å². The van der Waals surface area contributed by atoms with E-state index < -0.39 is 25.8 Å². The molecule has 0 unspecified atom stereocenters. The van der Waals surface area contributed by atoms with E-state index in [0.29, 0.717) is 0 Å². The van der Waals surface area contributed by atoms with Crippen molar-refractivity contribution >= 4 is 31.7 Å². The average Bonchev–Trinajstić information content (AvgIpc) is 2.04. The molecular formula is C8H8ClFO4S2. The summed E-state index contributed by atoms with van der Waals surface area (Å²) in [5.41, 5.74) is -0.242. The highest BCUT2D eigenvalue weighted by Gasteiger charge is 2.20. The number of benzene rings is 1. The molecule has 1 aromatic carbocycles. The first-order valence-corrected chi connectivity index (χ1v) is 7.83. The van der Waals surface area contributed by atoms with Crippen LogP contribution in [0, 0.1) is 0 Å². The third-order valence-corrected chi connectivity index (χ3v) is 3.96. The normalized spacial score (nSPS) is 12.7. The lowest BCUT2D eigenvalue weighted by atomic mass is 10.2. The molecule has 0 aliphatic rings. The van der Waals surface area contributed by atoms with Crippen molar-refractivity contribution in [3.05, 3.63) is 28.8 Å². The highest BCUT2D eigenvalue weighted by Crippen LogP contribution is 2.26. The fourth-order valence-electron chi connectivity index (χ4n) is 1.20. The minimum absolute atomic E-state index is 0.0934. The number of halogens is 2. The van der Waals surface area contributed by atoms with Gasteiger partial charge in [-0.3, -0.25) is 0 Å². The van der Waals surface area contributed by atoms with E-state index in [4.69, 9.17) is 11.6 Å². The molecule has 0 amide bonds. The van der Waals surface area contributed by atoms with Gasteiger partial charge in [0.05, 0.1) is 4.90 Å². The first kappa shape index (κ1) is 13.4. The van der Waals surface area contributed by atoms with E-state index in [1.165, 1.54) is 18.2 Å². The van der Waals surface area contributed by atoms with Gasteiger partial charge in [0.2, 0.25) is 0 Å². The summed E-state index contributed by atoms with van der Waals surface area (Å²) >= 11 is 5.65. The fraction of sp³-hybridized carbons (Fsp3) is 0.250. The van der Waals surface area contributed by atoms with Crippen molar-refractivity contribution in [2.24, 2.45) is 0 Å². The van der Waals surface area contributed by atoms with Crippen LogP contribution in [0.5, 0.6) is 0 Å². The second-order valence-corrected chi connectivity index (χ2v) is 6.93. The van der Waals surface area contributed by atoms with E-state index in [-0.39, 0.29) is 15.5 Å². The first-order valence-electron chi connectivity index (χ1n) is 4.01. The van der Waals surface area contributed by atoms with Crippen molar-refractivity contribution in [3.63, 3.8) is 0 Å². The number of hydrogen-bond acceptors (Lipinski definition) is 4. The summed E-state index contributed by atoms with van der Waals surface area (Å²) in [5, 5.41) is -0.0934. The molecule has 0 saturated heterocycles. The molecule has 0 N–H and O–H groups in total. The van der Waals surface area contributed by atoms with Crippen molar-refractivity contribution in [3.8, 4) is 0 Å². The minimum Gasteiger partial charge on any atom is -0.224 e. The maximum Gasteiger partial charge on any atom is 0.306 e. The van der Waals surface area contributed by atoms with E-state index in [0.717, 1.165) is 6.26 Å². The number of sulfone groups is 1. The number of hydrogen-bond donors (Lipinski definition) is 0. The maximum absolute atomic E-state index is 12.5. The Morgan fingerprint density at radius 1 is 1.25 bits per heavy atom. The molecule has 0 saturated carbocycles. The Hall–Kier alpha value is -0.660. The van der Waals surface area contributed by atoms with Gasteiger partial charge in [0.25, 0.3) is 0 Å². The molecule has 1 rings (SSSR count). The van der Waals surface area contributed by atoms with Crippen LogP contribution in [0.15, 0.2) is 23.1 Å². The van der Waals surface area contributed by atoms with Gasteiger partial charge in [0, 0.05) is 16.8 Å². The highest BCUT2D eigenvalue weighted by molar-refractivity contribution is 7.91. The van der Waals surface area contributed by atoms with E-state index in [9.17, 15) is 20.7 Å². The Labute approximate surface area is 98.2 Å². The van der Waals surface area contributed by atoms with Crippen molar-refractivity contribution < 1.29 is 20.7 Å². The van der Waals surface area contributed by atoms with E-state index in [1.54, 1.807) is 0 Å². The van der Waals surface area contributed by atoms with Gasteiger partial charge in [-0.1, -0.05) is 17.7 Å². The molecule has 0 aliphatic carbocycles. The Balaban J connectivity index is 3.48. The van der Waals surface area contributed by atoms with Gasteiger partial charge < -0.3 is 0 Å². The lowest BCUT2D eigenvalue weighted by molar-refractivity contribution is 0.550. The molecule has 16 heavy (non-hydrogen) atoms. The molecule has 0 spiro atoms. The second-order valence-electron chi connectivity index (χ2n) is 3.17. The Kier molecular flexibility index (Phi) is 3.61. The lowest BCUT2D eigenvalue weighted by Crippen LogP contribution is -2.06. The van der Waals surface area contributed by atoms with Gasteiger partial charge in [0.15, 0.2) is 9.84 Å². The van der Waals surface area contributed by atoms with Crippen LogP contribution >= 0.6 is 11.6 Å². The van der Waals surface area contributed by atoms with Crippen LogP contribution in [-0.4, -0.2) is 23.1 Å². The molecule has 0 heterocycles. The predicted molar refractivity (Wildman–Crippen MR) is 58.3 cm³/mol. The van der Waals surface area contributed by atoms with Gasteiger partial charge in [0.1, 0.15) is 5.75 Å². The van der Waals surface area contributed by atoms with Crippen molar-refractivity contribution in [1.82, 2.24) is 0 Å². The molecule has 0 aliphatic heterocycles. The molecule has 0 atom stereocenters. The van der Waals surface area contributed by atoms with E-state index >= 15 is 0 Å². The van der Waals surface area contributed by atoms with Crippen molar-refractivity contribution in [1.29, 1.82) is 0 Å². The summed E-state index contributed by atoms with van der Waals surface area (Å²) in [7, 11) is -8.48. The zero-order valence-electron chi connectivity index (χ0n) is 8.14. The average molecular weight is 287 g/mol. The van der Waals surface area contributed by atoms with Gasteiger partial charge in [-0.25, -0.2) is 8.42 Å². The zero-order valence-corrected chi connectivity index (χ0v) is 10.5. The van der Waals surface area contributed by atoms with Gasteiger partial charge >= 0.3 is 10.2 Å². The largest absolute Gasteiger partial charge is 0.306 e. The highest BCUT2D eigenvalue weighted by atomic mass is 35.5. The lowest BCUT2D eigenvalue weighted by Gasteiger charge is -2.07. The maximum atomic E-state index is 12.5.